The van der Waals surface area contributed by atoms with Crippen LogP contribution in [0.1, 0.15) is 55.8 Å². The lowest BCUT2D eigenvalue weighted by molar-refractivity contribution is 0.0780. The normalized spacial score (nSPS) is 16.0. The number of aryl methyl sites for hydroxylation is 1. The van der Waals surface area contributed by atoms with Crippen molar-refractivity contribution in [3.63, 3.8) is 0 Å². The highest BCUT2D eigenvalue weighted by atomic mass is 16.2. The van der Waals surface area contributed by atoms with Crippen LogP contribution in [0.2, 0.25) is 0 Å². The van der Waals surface area contributed by atoms with E-state index in [9.17, 15) is 4.79 Å². The van der Waals surface area contributed by atoms with Crippen molar-refractivity contribution in [2.45, 2.75) is 52.6 Å². The van der Waals surface area contributed by atoms with Crippen molar-refractivity contribution >= 4 is 17.5 Å². The Bertz CT molecular complexity index is 1120. The fraction of sp³-hybridized carbons (Fsp3) is 0.462. The number of rotatable bonds is 8. The van der Waals surface area contributed by atoms with Gasteiger partial charge in [0.1, 0.15) is 5.82 Å². The lowest BCUT2D eigenvalue weighted by atomic mass is 10.2. The Balaban J connectivity index is 1.43. The average molecular weight is 462 g/mol. The highest BCUT2D eigenvalue weighted by Crippen LogP contribution is 2.24. The maximum absolute atomic E-state index is 13.0. The number of likely N-dealkylation sites (tertiary alicyclic amines) is 1. The van der Waals surface area contributed by atoms with Crippen LogP contribution in [-0.2, 0) is 0 Å². The van der Waals surface area contributed by atoms with Crippen molar-refractivity contribution in [1.29, 1.82) is 0 Å². The molecule has 0 saturated carbocycles. The number of carbonyl (C=O) groups is 1. The van der Waals surface area contributed by atoms with Gasteiger partial charge in [-0.05, 0) is 77.5 Å². The SMILES string of the molecule is CCCN(C)[C@H]1CCN(C(=O)c2ccc(Nc3nccc(-c4cnc(C)n4C(C)C)n3)cc2)C1. The number of hydrogen-bond donors (Lipinski definition) is 1. The molecule has 0 radical (unpaired) electrons. The number of amides is 1. The minimum absolute atomic E-state index is 0.0921. The molecule has 8 nitrogen and oxygen atoms in total. The molecular formula is C26H35N7O. The number of anilines is 2. The molecular weight excluding hydrogens is 426 g/mol. The van der Waals surface area contributed by atoms with E-state index in [1.54, 1.807) is 6.20 Å². The van der Waals surface area contributed by atoms with Crippen LogP contribution in [0.15, 0.2) is 42.7 Å². The average Bonchev–Trinajstić information content (AvgIpc) is 3.47. The molecule has 1 aliphatic heterocycles. The van der Waals surface area contributed by atoms with Crippen LogP contribution in [0.25, 0.3) is 11.4 Å². The smallest absolute Gasteiger partial charge is 0.253 e. The lowest BCUT2D eigenvalue weighted by Crippen LogP contribution is -2.36. The number of nitrogens with one attached hydrogen (secondary N) is 1. The van der Waals surface area contributed by atoms with E-state index in [-0.39, 0.29) is 11.9 Å². The number of imidazole rings is 1. The van der Waals surface area contributed by atoms with Crippen molar-refractivity contribution < 1.29 is 4.79 Å². The van der Waals surface area contributed by atoms with Crippen LogP contribution in [-0.4, -0.2) is 67.9 Å². The number of nitrogens with zero attached hydrogens (tertiary/aromatic N) is 6. The Labute approximate surface area is 202 Å². The van der Waals surface area contributed by atoms with Gasteiger partial charge in [-0.25, -0.2) is 15.0 Å². The summed E-state index contributed by atoms with van der Waals surface area (Å²) >= 11 is 0. The van der Waals surface area contributed by atoms with E-state index in [2.05, 4.69) is 52.6 Å². The van der Waals surface area contributed by atoms with Crippen LogP contribution in [0.4, 0.5) is 11.6 Å². The molecule has 4 rings (SSSR count). The summed E-state index contributed by atoms with van der Waals surface area (Å²) in [5, 5.41) is 3.26. The minimum atomic E-state index is 0.0921. The first-order valence-corrected chi connectivity index (χ1v) is 12.1. The van der Waals surface area contributed by atoms with Gasteiger partial charge in [0.25, 0.3) is 5.91 Å². The first-order valence-electron chi connectivity index (χ1n) is 12.1. The minimum Gasteiger partial charge on any atom is -0.337 e. The van der Waals surface area contributed by atoms with Crippen LogP contribution in [0.3, 0.4) is 0 Å². The van der Waals surface area contributed by atoms with E-state index in [1.165, 1.54) is 0 Å². The highest BCUT2D eigenvalue weighted by molar-refractivity contribution is 5.94. The third kappa shape index (κ3) is 5.12. The fourth-order valence-electron chi connectivity index (χ4n) is 4.69. The Morgan fingerprint density at radius 1 is 1.21 bits per heavy atom. The van der Waals surface area contributed by atoms with E-state index >= 15 is 0 Å². The van der Waals surface area contributed by atoms with Crippen LogP contribution >= 0.6 is 0 Å². The Morgan fingerprint density at radius 2 is 1.97 bits per heavy atom. The summed E-state index contributed by atoms with van der Waals surface area (Å²) in [6, 6.07) is 10.2. The number of likely N-dealkylation sites (N-methyl/N-ethyl adjacent to an activating group) is 1. The molecule has 0 unspecified atom stereocenters. The van der Waals surface area contributed by atoms with Gasteiger partial charge in [-0.2, -0.15) is 0 Å². The third-order valence-electron chi connectivity index (χ3n) is 6.45. The molecule has 0 bridgehead atoms. The van der Waals surface area contributed by atoms with Crippen LogP contribution < -0.4 is 5.32 Å². The van der Waals surface area contributed by atoms with E-state index in [1.807, 2.05) is 48.4 Å². The molecule has 1 fully saturated rings. The predicted octanol–water partition coefficient (Wildman–Crippen LogP) is 4.53. The zero-order valence-electron chi connectivity index (χ0n) is 20.8. The summed E-state index contributed by atoms with van der Waals surface area (Å²) in [7, 11) is 2.15. The van der Waals surface area contributed by atoms with Crippen molar-refractivity contribution in [2.75, 3.05) is 32.0 Å². The molecule has 1 atom stereocenters. The molecule has 0 aliphatic carbocycles. The molecule has 1 aromatic carbocycles. The molecule has 0 spiro atoms. The zero-order valence-corrected chi connectivity index (χ0v) is 20.8. The number of benzene rings is 1. The molecule has 2 aromatic heterocycles. The van der Waals surface area contributed by atoms with Crippen molar-refractivity contribution in [3.05, 3.63) is 54.1 Å². The molecule has 34 heavy (non-hydrogen) atoms. The van der Waals surface area contributed by atoms with E-state index in [0.717, 1.165) is 55.4 Å². The van der Waals surface area contributed by atoms with Gasteiger partial charge in [0, 0.05) is 42.6 Å². The third-order valence-corrected chi connectivity index (χ3v) is 6.45. The first kappa shape index (κ1) is 23.9. The van der Waals surface area contributed by atoms with Crippen molar-refractivity contribution in [2.24, 2.45) is 0 Å². The van der Waals surface area contributed by atoms with Gasteiger partial charge in [0.15, 0.2) is 0 Å². The summed E-state index contributed by atoms with van der Waals surface area (Å²) in [5.41, 5.74) is 3.32. The Kier molecular flexibility index (Phi) is 7.26. The number of aromatic nitrogens is 4. The number of hydrogen-bond acceptors (Lipinski definition) is 6. The van der Waals surface area contributed by atoms with Crippen LogP contribution in [0.5, 0.6) is 0 Å². The quantitative estimate of drug-likeness (QED) is 0.531. The van der Waals surface area contributed by atoms with Crippen molar-refractivity contribution in [1.82, 2.24) is 29.3 Å². The molecule has 8 heteroatoms. The molecule has 1 aliphatic rings. The van der Waals surface area contributed by atoms with Gasteiger partial charge in [0.2, 0.25) is 5.95 Å². The standard InChI is InChI=1S/C26H35N7O/c1-6-14-31(5)22-12-15-32(17-22)25(34)20-7-9-21(10-8-20)29-26-27-13-11-23(30-26)24-16-28-19(4)33(24)18(2)3/h7-11,13,16,18,22H,6,12,14-15,17H2,1-5H3,(H,27,29,30)/t22-/m0/s1. The van der Waals surface area contributed by atoms with Crippen LogP contribution in [0, 0.1) is 6.92 Å². The van der Waals surface area contributed by atoms with Gasteiger partial charge >= 0.3 is 0 Å². The van der Waals surface area contributed by atoms with Gasteiger partial charge in [-0.15, -0.1) is 0 Å². The summed E-state index contributed by atoms with van der Waals surface area (Å²) in [6.45, 7) is 11.1. The largest absolute Gasteiger partial charge is 0.337 e. The Hall–Kier alpha value is -3.26. The van der Waals surface area contributed by atoms with Gasteiger partial charge in [-0.3, -0.25) is 4.79 Å². The molecule has 180 valence electrons. The van der Waals surface area contributed by atoms with Gasteiger partial charge in [0.05, 0.1) is 17.6 Å². The second-order valence-electron chi connectivity index (χ2n) is 9.30. The van der Waals surface area contributed by atoms with E-state index in [4.69, 9.17) is 4.98 Å². The second kappa shape index (κ2) is 10.3. The fourth-order valence-corrected chi connectivity index (χ4v) is 4.69. The van der Waals surface area contributed by atoms with E-state index in [0.29, 0.717) is 17.6 Å². The molecule has 3 heterocycles. The summed E-state index contributed by atoms with van der Waals surface area (Å²) in [5.74, 6) is 1.56. The summed E-state index contributed by atoms with van der Waals surface area (Å²) in [6.07, 6.45) is 5.76. The molecule has 3 aromatic rings. The topological polar surface area (TPSA) is 79.2 Å². The lowest BCUT2D eigenvalue weighted by Gasteiger charge is -2.24. The van der Waals surface area contributed by atoms with Crippen molar-refractivity contribution in [3.8, 4) is 11.4 Å². The van der Waals surface area contributed by atoms with Gasteiger partial charge in [-0.1, -0.05) is 6.92 Å². The monoisotopic (exact) mass is 461 g/mol. The first-order chi connectivity index (χ1) is 16.4. The molecule has 1 amide bonds. The zero-order chi connectivity index (χ0) is 24.2. The maximum Gasteiger partial charge on any atom is 0.253 e. The summed E-state index contributed by atoms with van der Waals surface area (Å²) in [4.78, 5) is 30.8. The number of carbonyl (C=O) groups excluding carboxylic acids is 1. The van der Waals surface area contributed by atoms with E-state index < -0.39 is 0 Å². The maximum atomic E-state index is 13.0. The predicted molar refractivity (Wildman–Crippen MR) is 135 cm³/mol. The molecule has 1 saturated heterocycles. The highest BCUT2D eigenvalue weighted by Gasteiger charge is 2.29. The second-order valence-corrected chi connectivity index (χ2v) is 9.30. The Morgan fingerprint density at radius 3 is 2.68 bits per heavy atom. The van der Waals surface area contributed by atoms with Gasteiger partial charge < -0.3 is 19.7 Å². The molecule has 1 N–H and O–H groups in total. The summed E-state index contributed by atoms with van der Waals surface area (Å²) < 4.78 is 2.16.